The fourth-order valence-corrected chi connectivity index (χ4v) is 2.61. The van der Waals surface area contributed by atoms with Crippen LogP contribution >= 0.6 is 0 Å². The van der Waals surface area contributed by atoms with Crippen molar-refractivity contribution in [1.82, 2.24) is 14.3 Å². The highest BCUT2D eigenvalue weighted by Gasteiger charge is 2.30. The molecule has 152 valence electrons. The minimum absolute atomic E-state index is 0.140. The third-order valence-corrected chi connectivity index (χ3v) is 4.03. The smallest absolute Gasteiger partial charge is 0.287 e. The zero-order chi connectivity index (χ0) is 21.2. The van der Waals surface area contributed by atoms with Crippen LogP contribution in [-0.2, 0) is 22.4 Å². The maximum Gasteiger partial charge on any atom is 0.416 e. The van der Waals surface area contributed by atoms with E-state index < -0.39 is 23.4 Å². The van der Waals surface area contributed by atoms with Gasteiger partial charge in [-0.15, -0.1) is 0 Å². The molecule has 2 aromatic carbocycles. The second kappa shape index (κ2) is 7.82. The fourth-order valence-electron chi connectivity index (χ4n) is 2.61. The molecule has 0 fully saturated rings. The van der Waals surface area contributed by atoms with Crippen molar-refractivity contribution in [2.75, 3.05) is 0 Å². The molecule has 0 unspecified atom stereocenters. The molecule has 0 N–H and O–H groups in total. The molecule has 0 aliphatic carbocycles. The van der Waals surface area contributed by atoms with Crippen molar-refractivity contribution in [2.24, 2.45) is 0 Å². The zero-order valence-electron chi connectivity index (χ0n) is 15.4. The summed E-state index contributed by atoms with van der Waals surface area (Å²) in [6.07, 6.45) is -3.20. The van der Waals surface area contributed by atoms with Crippen LogP contribution in [0.2, 0.25) is 0 Å². The predicted molar refractivity (Wildman–Crippen MR) is 95.5 cm³/mol. The Kier molecular flexibility index (Phi) is 5.44. The number of benzene rings is 2. The lowest BCUT2D eigenvalue weighted by molar-refractivity contribution is -0.211. The highest BCUT2D eigenvalue weighted by atomic mass is 19.4. The Labute approximate surface area is 162 Å². The predicted octanol–water partition coefficient (Wildman–Crippen LogP) is 3.27. The second-order valence-electron chi connectivity index (χ2n) is 6.24. The highest BCUT2D eigenvalue weighted by molar-refractivity contribution is 5.65. The van der Waals surface area contributed by atoms with Gasteiger partial charge in [-0.2, -0.15) is 18.3 Å². The minimum atomic E-state index is -4.45. The van der Waals surface area contributed by atoms with Gasteiger partial charge in [0.15, 0.2) is 5.75 Å². The Bertz CT molecular complexity index is 1090. The number of rotatable bonds is 5. The largest absolute Gasteiger partial charge is 0.416 e. The molecular formula is C19H16F3N3O4. The third kappa shape index (κ3) is 4.65. The summed E-state index contributed by atoms with van der Waals surface area (Å²) < 4.78 is 40.4. The van der Waals surface area contributed by atoms with Crippen molar-refractivity contribution in [3.05, 3.63) is 76.0 Å². The van der Waals surface area contributed by atoms with Gasteiger partial charge in [0.25, 0.3) is 0 Å². The first-order valence-corrected chi connectivity index (χ1v) is 8.42. The normalized spacial score (nSPS) is 11.3. The molecule has 0 amide bonds. The molecule has 0 aliphatic rings. The third-order valence-electron chi connectivity index (χ3n) is 4.03. The average molecular weight is 407 g/mol. The molecule has 3 rings (SSSR count). The van der Waals surface area contributed by atoms with E-state index in [0.29, 0.717) is 11.3 Å². The van der Waals surface area contributed by atoms with Crippen LogP contribution < -0.4 is 10.6 Å². The molecule has 0 spiro atoms. The molecule has 10 heteroatoms. The van der Waals surface area contributed by atoms with Crippen LogP contribution in [0.25, 0.3) is 5.69 Å². The van der Waals surface area contributed by atoms with Crippen LogP contribution in [0.3, 0.4) is 0 Å². The van der Waals surface area contributed by atoms with Gasteiger partial charge >= 0.3 is 17.8 Å². The van der Waals surface area contributed by atoms with Crippen molar-refractivity contribution in [3.8, 4) is 11.4 Å². The van der Waals surface area contributed by atoms with Crippen LogP contribution in [0.15, 0.2) is 53.6 Å². The zero-order valence-corrected chi connectivity index (χ0v) is 15.4. The van der Waals surface area contributed by atoms with Crippen LogP contribution in [0.4, 0.5) is 13.2 Å². The number of carbonyl (C=O) groups excluding carboxylic acids is 1. The van der Waals surface area contributed by atoms with Crippen LogP contribution in [-0.4, -0.2) is 20.3 Å². The second-order valence-corrected chi connectivity index (χ2v) is 6.24. The van der Waals surface area contributed by atoms with Gasteiger partial charge in [0.2, 0.25) is 0 Å². The topological polar surface area (TPSA) is 75.3 Å². The first-order chi connectivity index (χ1) is 13.6. The lowest BCUT2D eigenvalue weighted by Crippen LogP contribution is -2.24. The maximum absolute atomic E-state index is 12.7. The molecule has 0 aliphatic heterocycles. The van der Waals surface area contributed by atoms with E-state index in [1.165, 1.54) is 30.1 Å². The molecule has 1 heterocycles. The van der Waals surface area contributed by atoms with Crippen molar-refractivity contribution < 1.29 is 27.7 Å². The maximum atomic E-state index is 12.7. The lowest BCUT2D eigenvalue weighted by atomic mass is 10.1. The molecule has 1 aromatic heterocycles. The minimum Gasteiger partial charge on any atom is -0.287 e. The first-order valence-electron chi connectivity index (χ1n) is 8.42. The van der Waals surface area contributed by atoms with Gasteiger partial charge in [0, 0.05) is 6.92 Å². The lowest BCUT2D eigenvalue weighted by Gasteiger charge is -2.08. The van der Waals surface area contributed by atoms with Gasteiger partial charge in [0.1, 0.15) is 6.33 Å². The number of hydrogen-bond acceptors (Lipinski definition) is 5. The summed E-state index contributed by atoms with van der Waals surface area (Å²) >= 11 is 0. The monoisotopic (exact) mass is 407 g/mol. The van der Waals surface area contributed by atoms with Gasteiger partial charge in [0.05, 0.1) is 17.8 Å². The van der Waals surface area contributed by atoms with E-state index in [2.05, 4.69) is 9.99 Å². The van der Waals surface area contributed by atoms with E-state index in [9.17, 15) is 22.8 Å². The average Bonchev–Trinajstić information content (AvgIpc) is 3.01. The van der Waals surface area contributed by atoms with Crippen LogP contribution in [0.1, 0.15) is 23.6 Å². The highest BCUT2D eigenvalue weighted by Crippen LogP contribution is 2.29. The summed E-state index contributed by atoms with van der Waals surface area (Å²) in [5, 5.41) is 4.01. The van der Waals surface area contributed by atoms with Gasteiger partial charge in [-0.05, 0) is 48.4 Å². The standard InChI is InChI=1S/C19H16F3N3O4/c1-12-9-14(3-8-17(12)29-28-13(2)26)10-25-18(27)24(11-23-25)16-6-4-15(5-7-16)19(20,21)22/h3-9,11H,10H2,1-2H3. The summed E-state index contributed by atoms with van der Waals surface area (Å²) in [4.78, 5) is 32.7. The Hall–Kier alpha value is -3.56. The molecule has 0 saturated heterocycles. The van der Waals surface area contributed by atoms with Crippen molar-refractivity contribution in [3.63, 3.8) is 0 Å². The van der Waals surface area contributed by atoms with Crippen molar-refractivity contribution in [2.45, 2.75) is 26.6 Å². The molecule has 0 radical (unpaired) electrons. The molecule has 0 saturated carbocycles. The van der Waals surface area contributed by atoms with E-state index in [-0.39, 0.29) is 12.2 Å². The summed E-state index contributed by atoms with van der Waals surface area (Å²) in [7, 11) is 0. The van der Waals surface area contributed by atoms with Gasteiger partial charge < -0.3 is 0 Å². The summed E-state index contributed by atoms with van der Waals surface area (Å²) in [5.41, 5.74) is 0.392. The number of nitrogens with zero attached hydrogens (tertiary/aromatic N) is 3. The molecule has 0 atom stereocenters. The molecular weight excluding hydrogens is 391 g/mol. The quantitative estimate of drug-likeness (QED) is 0.479. The number of carbonyl (C=O) groups is 1. The number of hydrogen-bond donors (Lipinski definition) is 0. The first kappa shape index (κ1) is 20.2. The molecule has 29 heavy (non-hydrogen) atoms. The number of aryl methyl sites for hydroxylation is 1. The van der Waals surface area contributed by atoms with E-state index in [1.807, 2.05) is 0 Å². The van der Waals surface area contributed by atoms with E-state index in [1.54, 1.807) is 25.1 Å². The Morgan fingerprint density at radius 2 is 1.83 bits per heavy atom. The summed E-state index contributed by atoms with van der Waals surface area (Å²) in [5.74, 6) is -0.236. The Morgan fingerprint density at radius 3 is 2.41 bits per heavy atom. The van der Waals surface area contributed by atoms with Crippen molar-refractivity contribution >= 4 is 5.97 Å². The molecule has 3 aromatic rings. The van der Waals surface area contributed by atoms with E-state index in [4.69, 9.17) is 4.89 Å². The number of halogens is 3. The summed E-state index contributed by atoms with van der Waals surface area (Å²) in [6.45, 7) is 3.09. The molecule has 7 nitrogen and oxygen atoms in total. The van der Waals surface area contributed by atoms with Crippen molar-refractivity contribution in [1.29, 1.82) is 0 Å². The number of alkyl halides is 3. The Morgan fingerprint density at radius 1 is 1.14 bits per heavy atom. The van der Waals surface area contributed by atoms with E-state index >= 15 is 0 Å². The van der Waals surface area contributed by atoms with Gasteiger partial charge in [-0.1, -0.05) is 12.1 Å². The Balaban J connectivity index is 1.79. The van der Waals surface area contributed by atoms with Crippen LogP contribution in [0.5, 0.6) is 5.75 Å². The van der Waals surface area contributed by atoms with E-state index in [0.717, 1.165) is 22.3 Å². The number of aromatic nitrogens is 3. The van der Waals surface area contributed by atoms with Gasteiger partial charge in [-0.25, -0.2) is 18.8 Å². The fraction of sp³-hybridized carbons (Fsp3) is 0.211. The van der Waals surface area contributed by atoms with Crippen LogP contribution in [0, 0.1) is 6.92 Å². The SMILES string of the molecule is CC(=O)OOc1ccc(Cn2ncn(-c3ccc(C(F)(F)F)cc3)c2=O)cc1C. The van der Waals surface area contributed by atoms with Gasteiger partial charge in [-0.3, -0.25) is 9.78 Å². The summed E-state index contributed by atoms with van der Waals surface area (Å²) in [6, 6.07) is 9.24. The molecule has 0 bridgehead atoms.